The van der Waals surface area contributed by atoms with E-state index >= 15 is 0 Å². The van der Waals surface area contributed by atoms with Crippen molar-refractivity contribution in [3.8, 4) is 0 Å². The first-order valence-corrected chi connectivity index (χ1v) is 10.9. The van der Waals surface area contributed by atoms with E-state index in [0.717, 1.165) is 13.1 Å². The normalized spacial score (nSPS) is 13.1. The molecule has 0 saturated carbocycles. The van der Waals surface area contributed by atoms with Gasteiger partial charge in [-0.15, -0.1) is 0 Å². The van der Waals surface area contributed by atoms with Crippen molar-refractivity contribution < 1.29 is 0 Å². The van der Waals surface area contributed by atoms with Gasteiger partial charge in [-0.05, 0) is 67.1 Å². The molecule has 3 aromatic carbocycles. The highest BCUT2D eigenvalue weighted by molar-refractivity contribution is 5.54. The molecule has 2 atom stereocenters. The number of benzene rings is 3. The molecule has 0 heterocycles. The van der Waals surface area contributed by atoms with Crippen molar-refractivity contribution in [2.45, 2.75) is 52.9 Å². The van der Waals surface area contributed by atoms with Crippen LogP contribution in [0.3, 0.4) is 0 Å². The van der Waals surface area contributed by atoms with E-state index < -0.39 is 0 Å². The molecule has 2 unspecified atom stereocenters. The third-order valence-electron chi connectivity index (χ3n) is 6.03. The highest BCUT2D eigenvalue weighted by Gasteiger charge is 2.14. The summed E-state index contributed by atoms with van der Waals surface area (Å²) in [4.78, 5) is 0. The Morgan fingerprint density at radius 1 is 0.700 bits per heavy atom. The summed E-state index contributed by atoms with van der Waals surface area (Å²) in [6, 6.07) is 24.4. The maximum atomic E-state index is 3.70. The van der Waals surface area contributed by atoms with Gasteiger partial charge in [-0.1, -0.05) is 60.7 Å². The van der Waals surface area contributed by atoms with Crippen molar-refractivity contribution in [2.75, 3.05) is 12.4 Å². The topological polar surface area (TPSA) is 36.1 Å². The molecule has 0 saturated heterocycles. The maximum absolute atomic E-state index is 3.70. The van der Waals surface area contributed by atoms with Crippen LogP contribution in [0.1, 0.15) is 59.3 Å². The number of rotatable bonds is 9. The quantitative estimate of drug-likeness (QED) is 0.409. The molecule has 30 heavy (non-hydrogen) atoms. The Hall–Kier alpha value is -2.62. The minimum Gasteiger partial charge on any atom is -0.388 e. The fraction of sp³-hybridized carbons (Fsp3) is 0.333. The summed E-state index contributed by atoms with van der Waals surface area (Å²) < 4.78 is 0. The van der Waals surface area contributed by atoms with E-state index in [1.165, 1.54) is 39.1 Å². The van der Waals surface area contributed by atoms with Gasteiger partial charge in [0, 0.05) is 37.9 Å². The van der Waals surface area contributed by atoms with Crippen LogP contribution < -0.4 is 16.0 Å². The van der Waals surface area contributed by atoms with Crippen LogP contribution in [0.25, 0.3) is 0 Å². The summed E-state index contributed by atoms with van der Waals surface area (Å²) in [7, 11) is 1.99. The van der Waals surface area contributed by atoms with Crippen LogP contribution in [0.4, 0.5) is 5.69 Å². The lowest BCUT2D eigenvalue weighted by Crippen LogP contribution is -2.21. The second kappa shape index (κ2) is 10.4. The molecular formula is C27H35N3. The van der Waals surface area contributed by atoms with Crippen LogP contribution in [-0.2, 0) is 13.1 Å². The summed E-state index contributed by atoms with van der Waals surface area (Å²) >= 11 is 0. The average Bonchev–Trinajstić information content (AvgIpc) is 2.77. The lowest BCUT2D eigenvalue weighted by atomic mass is 9.98. The van der Waals surface area contributed by atoms with Crippen LogP contribution in [0.15, 0.2) is 66.7 Å². The second-order valence-electron chi connectivity index (χ2n) is 8.15. The van der Waals surface area contributed by atoms with Crippen LogP contribution in [0.2, 0.25) is 0 Å². The Morgan fingerprint density at radius 3 is 1.77 bits per heavy atom. The second-order valence-corrected chi connectivity index (χ2v) is 8.15. The largest absolute Gasteiger partial charge is 0.388 e. The highest BCUT2D eigenvalue weighted by Crippen LogP contribution is 2.27. The molecule has 3 nitrogen and oxygen atoms in total. The Balaban J connectivity index is 1.70. The summed E-state index contributed by atoms with van der Waals surface area (Å²) in [5, 5.41) is 10.7. The van der Waals surface area contributed by atoms with Crippen LogP contribution >= 0.6 is 0 Å². The third kappa shape index (κ3) is 5.50. The van der Waals surface area contributed by atoms with Gasteiger partial charge in [0.2, 0.25) is 0 Å². The van der Waals surface area contributed by atoms with Gasteiger partial charge in [0.05, 0.1) is 0 Å². The summed E-state index contributed by atoms with van der Waals surface area (Å²) in [6.07, 6.45) is 0. The molecule has 3 aromatic rings. The van der Waals surface area contributed by atoms with Gasteiger partial charge in [-0.25, -0.2) is 0 Å². The van der Waals surface area contributed by atoms with Crippen molar-refractivity contribution in [3.63, 3.8) is 0 Å². The molecule has 0 radical (unpaired) electrons. The SMILES string of the molecule is CNc1ccc(C(C)NCc2ccccc2C)cc1C(C)NCc1ccccc1C. The monoisotopic (exact) mass is 401 g/mol. The molecule has 0 fully saturated rings. The number of hydrogen-bond acceptors (Lipinski definition) is 3. The smallest absolute Gasteiger partial charge is 0.0386 e. The molecule has 0 bridgehead atoms. The van der Waals surface area contributed by atoms with Crippen LogP contribution in [0, 0.1) is 13.8 Å². The zero-order valence-electron chi connectivity index (χ0n) is 18.9. The molecule has 0 aromatic heterocycles. The zero-order valence-corrected chi connectivity index (χ0v) is 18.9. The Labute approximate surface area is 181 Å². The Morgan fingerprint density at radius 2 is 1.23 bits per heavy atom. The van der Waals surface area contributed by atoms with E-state index in [4.69, 9.17) is 0 Å². The molecule has 0 amide bonds. The van der Waals surface area contributed by atoms with Gasteiger partial charge in [0.1, 0.15) is 0 Å². The molecule has 0 aliphatic carbocycles. The van der Waals surface area contributed by atoms with Crippen molar-refractivity contribution in [2.24, 2.45) is 0 Å². The lowest BCUT2D eigenvalue weighted by molar-refractivity contribution is 0.560. The van der Waals surface area contributed by atoms with E-state index in [0.29, 0.717) is 0 Å². The van der Waals surface area contributed by atoms with Crippen LogP contribution in [0.5, 0.6) is 0 Å². The van der Waals surface area contributed by atoms with Crippen molar-refractivity contribution >= 4 is 5.69 Å². The first-order valence-electron chi connectivity index (χ1n) is 10.9. The minimum atomic E-state index is 0.246. The minimum absolute atomic E-state index is 0.246. The summed E-state index contributed by atoms with van der Waals surface area (Å²) in [5.41, 5.74) is 9.14. The van der Waals surface area contributed by atoms with Crippen molar-refractivity contribution in [1.82, 2.24) is 10.6 Å². The maximum Gasteiger partial charge on any atom is 0.0386 e. The van der Waals surface area contributed by atoms with E-state index in [2.05, 4.69) is 110 Å². The van der Waals surface area contributed by atoms with Gasteiger partial charge in [0.25, 0.3) is 0 Å². The Kier molecular flexibility index (Phi) is 7.67. The summed E-state index contributed by atoms with van der Waals surface area (Å²) in [6.45, 7) is 10.6. The molecule has 0 spiro atoms. The molecule has 0 aliphatic rings. The fourth-order valence-electron chi connectivity index (χ4n) is 3.81. The van der Waals surface area contributed by atoms with E-state index in [9.17, 15) is 0 Å². The number of aryl methyl sites for hydroxylation is 2. The Bertz CT molecular complexity index is 964. The number of nitrogens with one attached hydrogen (secondary N) is 3. The molecule has 3 heteroatoms. The first-order chi connectivity index (χ1) is 14.5. The number of anilines is 1. The van der Waals surface area contributed by atoms with Crippen LogP contribution in [-0.4, -0.2) is 7.05 Å². The average molecular weight is 402 g/mol. The van der Waals surface area contributed by atoms with E-state index in [-0.39, 0.29) is 12.1 Å². The predicted octanol–water partition coefficient (Wildman–Crippen LogP) is 6.05. The van der Waals surface area contributed by atoms with Gasteiger partial charge in [-0.3, -0.25) is 0 Å². The summed E-state index contributed by atoms with van der Waals surface area (Å²) in [5.74, 6) is 0. The zero-order chi connectivity index (χ0) is 21.5. The molecule has 158 valence electrons. The fourth-order valence-corrected chi connectivity index (χ4v) is 3.81. The van der Waals surface area contributed by atoms with Crippen molar-refractivity contribution in [3.05, 3.63) is 100 Å². The first kappa shape index (κ1) is 22.1. The van der Waals surface area contributed by atoms with E-state index in [1.807, 2.05) is 7.05 Å². The van der Waals surface area contributed by atoms with E-state index in [1.54, 1.807) is 0 Å². The van der Waals surface area contributed by atoms with Gasteiger partial charge in [-0.2, -0.15) is 0 Å². The third-order valence-corrected chi connectivity index (χ3v) is 6.03. The predicted molar refractivity (Wildman–Crippen MR) is 129 cm³/mol. The number of hydrogen-bond donors (Lipinski definition) is 3. The van der Waals surface area contributed by atoms with Gasteiger partial charge >= 0.3 is 0 Å². The van der Waals surface area contributed by atoms with Gasteiger partial charge in [0.15, 0.2) is 0 Å². The van der Waals surface area contributed by atoms with Crippen molar-refractivity contribution in [1.29, 1.82) is 0 Å². The van der Waals surface area contributed by atoms with Gasteiger partial charge < -0.3 is 16.0 Å². The molecular weight excluding hydrogens is 366 g/mol. The molecule has 0 aliphatic heterocycles. The molecule has 3 rings (SSSR count). The standard InChI is InChI=1S/C27H35N3/c1-19-10-6-8-12-24(19)17-29-21(3)23-14-15-27(28-5)26(16-23)22(4)30-18-25-13-9-7-11-20(25)2/h6-16,21-22,28-30H,17-18H2,1-5H3. The lowest BCUT2D eigenvalue weighted by Gasteiger charge is -2.22. The highest BCUT2D eigenvalue weighted by atomic mass is 14.9. The molecule has 3 N–H and O–H groups in total.